The van der Waals surface area contributed by atoms with Gasteiger partial charge in [-0.25, -0.2) is 0 Å². The largest absolute Gasteiger partial charge is 0.376 e. The zero-order chi connectivity index (χ0) is 16.2. The van der Waals surface area contributed by atoms with Crippen LogP contribution in [0.15, 0.2) is 60.8 Å². The number of nitrogens with one attached hydrogen (secondary N) is 1. The Kier molecular flexibility index (Phi) is 4.16. The number of carbonyl (C=O) groups is 1. The minimum atomic E-state index is -0.0261. The third-order valence-corrected chi connectivity index (χ3v) is 3.66. The highest BCUT2D eigenvalue weighted by atomic mass is 32.1. The summed E-state index contributed by atoms with van der Waals surface area (Å²) in [5.74, 6) is 0. The van der Waals surface area contributed by atoms with Crippen LogP contribution in [-0.4, -0.2) is 21.7 Å². The van der Waals surface area contributed by atoms with Gasteiger partial charge in [-0.15, -0.1) is 0 Å². The number of H-pyrrole nitrogens is 1. The van der Waals surface area contributed by atoms with E-state index in [2.05, 4.69) is 10.2 Å². The molecule has 3 rings (SSSR count). The van der Waals surface area contributed by atoms with Crippen molar-refractivity contribution in [1.82, 2.24) is 10.2 Å². The molecule has 3 N–H and O–H groups in total. The van der Waals surface area contributed by atoms with Crippen molar-refractivity contribution in [2.24, 2.45) is 5.73 Å². The maximum Gasteiger partial charge on any atom is 0.220 e. The number of benzene rings is 2. The first-order chi connectivity index (χ1) is 11.2. The number of anilines is 1. The van der Waals surface area contributed by atoms with Gasteiger partial charge >= 0.3 is 0 Å². The lowest BCUT2D eigenvalue weighted by molar-refractivity contribution is -0.106. The summed E-state index contributed by atoms with van der Waals surface area (Å²) in [6.45, 7) is 0. The Morgan fingerprint density at radius 1 is 1.09 bits per heavy atom. The van der Waals surface area contributed by atoms with E-state index in [0.717, 1.165) is 16.7 Å². The lowest BCUT2D eigenvalue weighted by Gasteiger charge is -2.14. The van der Waals surface area contributed by atoms with Crippen molar-refractivity contribution < 1.29 is 4.79 Å². The molecule has 1 amide bonds. The summed E-state index contributed by atoms with van der Waals surface area (Å²) in [5, 5.41) is 6.97. The molecule has 0 spiro atoms. The Morgan fingerprint density at radius 2 is 1.78 bits per heavy atom. The molecule has 0 unspecified atom stereocenters. The normalized spacial score (nSPS) is 10.3. The maximum atomic E-state index is 11.2. The van der Waals surface area contributed by atoms with Crippen LogP contribution in [0.5, 0.6) is 0 Å². The van der Waals surface area contributed by atoms with Gasteiger partial charge in [0.2, 0.25) is 6.41 Å². The molecule has 0 saturated heterocycles. The molecule has 0 atom stereocenters. The molecule has 0 bridgehead atoms. The average Bonchev–Trinajstić information content (AvgIpc) is 3.05. The van der Waals surface area contributed by atoms with Crippen LogP contribution in [0.3, 0.4) is 0 Å². The van der Waals surface area contributed by atoms with Gasteiger partial charge in [0.1, 0.15) is 5.69 Å². The molecule has 6 heteroatoms. The number of aromatic amines is 1. The molecule has 0 aliphatic rings. The van der Waals surface area contributed by atoms with Crippen molar-refractivity contribution in [1.29, 1.82) is 0 Å². The summed E-state index contributed by atoms with van der Waals surface area (Å²) in [5.41, 5.74) is 9.76. The SMILES string of the molecule is NC(=S)N(C=O)c1c[nH]nc1-c1cccc(-c2ccccc2)c1. The number of carbonyl (C=O) groups excluding carboxylic acids is 1. The van der Waals surface area contributed by atoms with E-state index in [1.165, 1.54) is 4.90 Å². The molecule has 0 fully saturated rings. The van der Waals surface area contributed by atoms with E-state index < -0.39 is 0 Å². The second-order valence-corrected chi connectivity index (χ2v) is 5.30. The van der Waals surface area contributed by atoms with Gasteiger partial charge < -0.3 is 5.73 Å². The van der Waals surface area contributed by atoms with Gasteiger partial charge in [-0.3, -0.25) is 14.8 Å². The Balaban J connectivity index is 2.06. The Morgan fingerprint density at radius 3 is 2.48 bits per heavy atom. The summed E-state index contributed by atoms with van der Waals surface area (Å²) < 4.78 is 0. The minimum absolute atomic E-state index is 0.0261. The number of hydrogen-bond donors (Lipinski definition) is 2. The van der Waals surface area contributed by atoms with Gasteiger partial charge in [-0.1, -0.05) is 48.5 Å². The zero-order valence-corrected chi connectivity index (χ0v) is 13.0. The van der Waals surface area contributed by atoms with E-state index >= 15 is 0 Å². The molecular formula is C17H14N4OS. The second kappa shape index (κ2) is 6.41. The lowest BCUT2D eigenvalue weighted by Crippen LogP contribution is -2.34. The van der Waals surface area contributed by atoms with Crippen LogP contribution in [0, 0.1) is 0 Å². The topological polar surface area (TPSA) is 75.0 Å². The predicted molar refractivity (Wildman–Crippen MR) is 94.8 cm³/mol. The molecule has 23 heavy (non-hydrogen) atoms. The standard InChI is InChI=1S/C17H14N4OS/c18-17(23)21(11-22)15-10-19-20-16(15)14-8-4-7-13(9-14)12-5-2-1-3-6-12/h1-11H,(H2,18,23)(H,19,20). The minimum Gasteiger partial charge on any atom is -0.376 e. The summed E-state index contributed by atoms with van der Waals surface area (Å²) in [4.78, 5) is 12.4. The van der Waals surface area contributed by atoms with Crippen molar-refractivity contribution in [3.63, 3.8) is 0 Å². The summed E-state index contributed by atoms with van der Waals surface area (Å²) in [6, 6.07) is 17.9. The molecule has 0 saturated carbocycles. The molecule has 5 nitrogen and oxygen atoms in total. The van der Waals surface area contributed by atoms with E-state index in [-0.39, 0.29) is 5.11 Å². The van der Waals surface area contributed by atoms with E-state index in [0.29, 0.717) is 17.8 Å². The van der Waals surface area contributed by atoms with Crippen molar-refractivity contribution >= 4 is 29.4 Å². The van der Waals surface area contributed by atoms with Gasteiger partial charge in [0.25, 0.3) is 0 Å². The Hall–Kier alpha value is -2.99. The average molecular weight is 322 g/mol. The summed E-state index contributed by atoms with van der Waals surface area (Å²) >= 11 is 4.91. The fourth-order valence-electron chi connectivity index (χ4n) is 2.38. The molecule has 0 aliphatic carbocycles. The first-order valence-corrected chi connectivity index (χ1v) is 7.35. The number of thiocarbonyl (C=S) groups is 1. The number of hydrogen-bond acceptors (Lipinski definition) is 3. The Labute approximate surface area is 138 Å². The number of rotatable bonds is 4. The summed E-state index contributed by atoms with van der Waals surface area (Å²) in [7, 11) is 0. The van der Waals surface area contributed by atoms with E-state index in [4.69, 9.17) is 18.0 Å². The van der Waals surface area contributed by atoms with Gasteiger partial charge in [-0.05, 0) is 29.4 Å². The maximum absolute atomic E-state index is 11.2. The van der Waals surface area contributed by atoms with Crippen molar-refractivity contribution in [3.8, 4) is 22.4 Å². The first-order valence-electron chi connectivity index (χ1n) is 6.94. The second-order valence-electron chi connectivity index (χ2n) is 4.88. The van der Waals surface area contributed by atoms with Crippen LogP contribution in [0.25, 0.3) is 22.4 Å². The van der Waals surface area contributed by atoms with Gasteiger partial charge in [-0.2, -0.15) is 5.10 Å². The molecule has 1 aromatic heterocycles. The van der Waals surface area contributed by atoms with Gasteiger partial charge in [0.05, 0.1) is 5.69 Å². The third kappa shape index (κ3) is 2.97. The number of nitrogens with two attached hydrogens (primary N) is 1. The molecular weight excluding hydrogens is 308 g/mol. The molecule has 2 aromatic carbocycles. The molecule has 3 aromatic rings. The van der Waals surface area contributed by atoms with Crippen LogP contribution in [0.4, 0.5) is 5.69 Å². The number of aromatic nitrogens is 2. The van der Waals surface area contributed by atoms with E-state index in [1.54, 1.807) is 6.20 Å². The van der Waals surface area contributed by atoms with E-state index in [9.17, 15) is 4.79 Å². The van der Waals surface area contributed by atoms with Crippen LogP contribution >= 0.6 is 12.2 Å². The van der Waals surface area contributed by atoms with Crippen molar-refractivity contribution in [3.05, 3.63) is 60.8 Å². The van der Waals surface area contributed by atoms with Crippen LogP contribution in [-0.2, 0) is 4.79 Å². The highest BCUT2D eigenvalue weighted by Crippen LogP contribution is 2.31. The molecule has 0 aliphatic heterocycles. The van der Waals surface area contributed by atoms with Crippen LogP contribution in [0.1, 0.15) is 0 Å². The van der Waals surface area contributed by atoms with Crippen LogP contribution in [0.2, 0.25) is 0 Å². The molecule has 1 heterocycles. The zero-order valence-electron chi connectivity index (χ0n) is 12.1. The molecule has 0 radical (unpaired) electrons. The fraction of sp³-hybridized carbons (Fsp3) is 0. The highest BCUT2D eigenvalue weighted by molar-refractivity contribution is 7.80. The Bertz CT molecular complexity index is 845. The number of nitrogens with zero attached hydrogens (tertiary/aromatic N) is 2. The highest BCUT2D eigenvalue weighted by Gasteiger charge is 2.17. The summed E-state index contributed by atoms with van der Waals surface area (Å²) in [6.07, 6.45) is 2.18. The van der Waals surface area contributed by atoms with Crippen LogP contribution < -0.4 is 10.6 Å². The van der Waals surface area contributed by atoms with Gasteiger partial charge in [0, 0.05) is 11.8 Å². The van der Waals surface area contributed by atoms with E-state index in [1.807, 2.05) is 54.6 Å². The fourth-order valence-corrected chi connectivity index (χ4v) is 2.53. The van der Waals surface area contributed by atoms with Crippen molar-refractivity contribution in [2.45, 2.75) is 0 Å². The van der Waals surface area contributed by atoms with Crippen molar-refractivity contribution in [2.75, 3.05) is 4.90 Å². The monoisotopic (exact) mass is 322 g/mol. The van der Waals surface area contributed by atoms with Gasteiger partial charge in [0.15, 0.2) is 5.11 Å². The third-order valence-electron chi connectivity index (χ3n) is 3.47. The quantitative estimate of drug-likeness (QED) is 0.572. The molecule has 114 valence electrons. The lowest BCUT2D eigenvalue weighted by atomic mass is 10.0. The first kappa shape index (κ1) is 14.9. The predicted octanol–water partition coefficient (Wildman–Crippen LogP) is 2.95. The number of amides is 1. The smallest absolute Gasteiger partial charge is 0.220 e.